The smallest absolute Gasteiger partial charge is 0.341 e. The van der Waals surface area contributed by atoms with Gasteiger partial charge in [-0.2, -0.15) is 0 Å². The average molecular weight is 460 g/mol. The summed E-state index contributed by atoms with van der Waals surface area (Å²) in [6, 6.07) is 8.93. The van der Waals surface area contributed by atoms with Crippen molar-refractivity contribution in [1.29, 1.82) is 0 Å². The summed E-state index contributed by atoms with van der Waals surface area (Å²) in [4.78, 5) is 26.2. The van der Waals surface area contributed by atoms with Crippen LogP contribution in [0, 0.1) is 6.92 Å². The van der Waals surface area contributed by atoms with Crippen molar-refractivity contribution in [2.75, 3.05) is 12.4 Å². The highest BCUT2D eigenvalue weighted by Crippen LogP contribution is 2.39. The number of hydrogen-bond donors (Lipinski definition) is 1. The summed E-state index contributed by atoms with van der Waals surface area (Å²) < 4.78 is 35.8. The number of ether oxygens (including phenoxy) is 1. The van der Waals surface area contributed by atoms with Crippen molar-refractivity contribution < 1.29 is 27.2 Å². The van der Waals surface area contributed by atoms with E-state index in [1.807, 2.05) is 6.92 Å². The average Bonchev–Trinajstić information content (AvgIpc) is 3.39. The van der Waals surface area contributed by atoms with Gasteiger partial charge in [0, 0.05) is 4.88 Å². The number of carbonyl (C=O) groups is 2. The molecular formula is C22H21NO6S2. The highest BCUT2D eigenvalue weighted by Gasteiger charge is 2.28. The monoisotopic (exact) mass is 459 g/mol. The van der Waals surface area contributed by atoms with E-state index in [0.29, 0.717) is 10.6 Å². The summed E-state index contributed by atoms with van der Waals surface area (Å²) in [5, 5.41) is 2.77. The number of methoxy groups -OCH3 is 1. The summed E-state index contributed by atoms with van der Waals surface area (Å²) in [5.41, 5.74) is 2.22. The standard InChI is InChI=1S/C22H21NO6S2/c1-13-7-9-14(10-8-13)31(26,27)18-12-11-16(29-18)20(24)23-21-19(22(25)28-2)15-5-3-4-6-17(15)30-21/h7-12H,3-6H2,1-2H3,(H,23,24). The number of aryl methyl sites for hydroxylation is 2. The van der Waals surface area contributed by atoms with Crippen LogP contribution in [0.1, 0.15) is 49.8 Å². The fourth-order valence-corrected chi connectivity index (χ4v) is 6.00. The number of hydrogen-bond acceptors (Lipinski definition) is 7. The highest BCUT2D eigenvalue weighted by atomic mass is 32.2. The Morgan fingerprint density at radius 3 is 2.48 bits per heavy atom. The second-order valence-electron chi connectivity index (χ2n) is 7.30. The number of anilines is 1. The molecule has 0 fully saturated rings. The minimum atomic E-state index is -3.89. The molecule has 0 spiro atoms. The molecule has 0 bridgehead atoms. The van der Waals surface area contributed by atoms with E-state index in [0.717, 1.165) is 41.7 Å². The number of fused-ring (bicyclic) bond motifs is 1. The van der Waals surface area contributed by atoms with Crippen molar-refractivity contribution in [3.05, 3.63) is 63.7 Å². The van der Waals surface area contributed by atoms with E-state index in [1.54, 1.807) is 12.1 Å². The van der Waals surface area contributed by atoms with Crippen LogP contribution in [0.4, 0.5) is 5.00 Å². The lowest BCUT2D eigenvalue weighted by Crippen LogP contribution is -2.14. The Labute approximate surface area is 184 Å². The second-order valence-corrected chi connectivity index (χ2v) is 10.3. The number of amides is 1. The summed E-state index contributed by atoms with van der Waals surface area (Å²) in [7, 11) is -2.59. The third-order valence-corrected chi connectivity index (χ3v) is 8.04. The number of benzene rings is 1. The first kappa shape index (κ1) is 21.3. The molecule has 1 N–H and O–H groups in total. The fourth-order valence-electron chi connectivity index (χ4n) is 3.56. The van der Waals surface area contributed by atoms with Crippen molar-refractivity contribution in [1.82, 2.24) is 0 Å². The van der Waals surface area contributed by atoms with Crippen LogP contribution in [-0.2, 0) is 27.4 Å². The lowest BCUT2D eigenvalue weighted by molar-refractivity contribution is 0.0601. The van der Waals surface area contributed by atoms with Crippen LogP contribution >= 0.6 is 11.3 Å². The number of nitrogens with one attached hydrogen (secondary N) is 1. The number of carbonyl (C=O) groups excluding carboxylic acids is 2. The first-order chi connectivity index (χ1) is 14.8. The molecule has 1 aromatic carbocycles. The SMILES string of the molecule is COC(=O)c1c(NC(=O)c2ccc(S(=O)(=O)c3ccc(C)cc3)o2)sc2c1CCCC2. The Balaban J connectivity index is 1.61. The van der Waals surface area contributed by atoms with E-state index in [4.69, 9.17) is 9.15 Å². The molecule has 7 nitrogen and oxygen atoms in total. The number of sulfone groups is 1. The number of rotatable bonds is 5. The lowest BCUT2D eigenvalue weighted by atomic mass is 9.95. The Hall–Kier alpha value is -2.91. The summed E-state index contributed by atoms with van der Waals surface area (Å²) in [5.74, 6) is -1.29. The molecule has 0 unspecified atom stereocenters. The molecular weight excluding hydrogens is 438 g/mol. The van der Waals surface area contributed by atoms with E-state index >= 15 is 0 Å². The van der Waals surface area contributed by atoms with E-state index in [-0.39, 0.29) is 15.7 Å². The van der Waals surface area contributed by atoms with Crippen LogP contribution in [0.2, 0.25) is 0 Å². The Bertz CT molecular complexity index is 1250. The van der Waals surface area contributed by atoms with E-state index in [9.17, 15) is 18.0 Å². The van der Waals surface area contributed by atoms with Crippen LogP contribution < -0.4 is 5.32 Å². The van der Waals surface area contributed by atoms with Crippen molar-refractivity contribution in [2.45, 2.75) is 42.6 Å². The van der Waals surface area contributed by atoms with Gasteiger partial charge < -0.3 is 14.5 Å². The highest BCUT2D eigenvalue weighted by molar-refractivity contribution is 7.91. The molecule has 2 aromatic heterocycles. The molecule has 1 amide bonds. The van der Waals surface area contributed by atoms with Crippen molar-refractivity contribution in [2.24, 2.45) is 0 Å². The van der Waals surface area contributed by atoms with Gasteiger partial charge in [0.05, 0.1) is 17.6 Å². The number of furan rings is 1. The molecule has 162 valence electrons. The summed E-state index contributed by atoms with van der Waals surface area (Å²) in [6.45, 7) is 1.86. The molecule has 31 heavy (non-hydrogen) atoms. The lowest BCUT2D eigenvalue weighted by Gasteiger charge is -2.11. The molecule has 3 aromatic rings. The van der Waals surface area contributed by atoms with Gasteiger partial charge in [0.25, 0.3) is 5.91 Å². The fraction of sp³-hybridized carbons (Fsp3) is 0.273. The molecule has 0 radical (unpaired) electrons. The van der Waals surface area contributed by atoms with Gasteiger partial charge in [-0.25, -0.2) is 13.2 Å². The van der Waals surface area contributed by atoms with Crippen LogP contribution in [-0.4, -0.2) is 27.4 Å². The Kier molecular flexibility index (Phi) is 5.72. The third-order valence-electron chi connectivity index (χ3n) is 5.19. The number of esters is 1. The first-order valence-corrected chi connectivity index (χ1v) is 12.1. The maximum Gasteiger partial charge on any atom is 0.341 e. The minimum absolute atomic E-state index is 0.0818. The zero-order valence-electron chi connectivity index (χ0n) is 17.1. The quantitative estimate of drug-likeness (QED) is 0.567. The first-order valence-electron chi connectivity index (χ1n) is 9.77. The normalized spacial score (nSPS) is 13.5. The third kappa shape index (κ3) is 4.03. The van der Waals surface area contributed by atoms with Crippen LogP contribution in [0.15, 0.2) is 50.8 Å². The minimum Gasteiger partial charge on any atom is -0.465 e. The molecule has 1 aliphatic carbocycles. The predicted octanol–water partition coefficient (Wildman–Crippen LogP) is 4.40. The van der Waals surface area contributed by atoms with Gasteiger partial charge in [-0.3, -0.25) is 4.79 Å². The number of thiophene rings is 1. The molecule has 0 atom stereocenters. The summed E-state index contributed by atoms with van der Waals surface area (Å²) in [6.07, 6.45) is 3.60. The van der Waals surface area contributed by atoms with Crippen molar-refractivity contribution in [3.8, 4) is 0 Å². The van der Waals surface area contributed by atoms with E-state index < -0.39 is 21.7 Å². The van der Waals surface area contributed by atoms with Gasteiger partial charge in [0.2, 0.25) is 14.9 Å². The predicted molar refractivity (Wildman–Crippen MR) is 116 cm³/mol. The maximum atomic E-state index is 12.8. The van der Waals surface area contributed by atoms with Gasteiger partial charge >= 0.3 is 5.97 Å². The van der Waals surface area contributed by atoms with Gasteiger partial charge in [-0.1, -0.05) is 17.7 Å². The zero-order chi connectivity index (χ0) is 22.2. The van der Waals surface area contributed by atoms with E-state index in [1.165, 1.54) is 42.7 Å². The second kappa shape index (κ2) is 8.32. The molecule has 0 saturated carbocycles. The molecule has 4 rings (SSSR count). The van der Waals surface area contributed by atoms with Gasteiger partial charge in [0.15, 0.2) is 5.76 Å². The zero-order valence-corrected chi connectivity index (χ0v) is 18.7. The summed E-state index contributed by atoms with van der Waals surface area (Å²) >= 11 is 1.35. The Morgan fingerprint density at radius 2 is 1.77 bits per heavy atom. The van der Waals surface area contributed by atoms with Crippen LogP contribution in [0.5, 0.6) is 0 Å². The largest absolute Gasteiger partial charge is 0.465 e. The molecule has 0 saturated heterocycles. The molecule has 9 heteroatoms. The topological polar surface area (TPSA) is 103 Å². The van der Waals surface area contributed by atoms with Gasteiger partial charge in [-0.15, -0.1) is 11.3 Å². The van der Waals surface area contributed by atoms with Crippen LogP contribution in [0.25, 0.3) is 0 Å². The van der Waals surface area contributed by atoms with Crippen molar-refractivity contribution in [3.63, 3.8) is 0 Å². The van der Waals surface area contributed by atoms with E-state index in [2.05, 4.69) is 5.32 Å². The van der Waals surface area contributed by atoms with Gasteiger partial charge in [0.1, 0.15) is 5.00 Å². The van der Waals surface area contributed by atoms with Crippen LogP contribution in [0.3, 0.4) is 0 Å². The Morgan fingerprint density at radius 1 is 1.06 bits per heavy atom. The van der Waals surface area contributed by atoms with Gasteiger partial charge in [-0.05, 0) is 62.4 Å². The maximum absolute atomic E-state index is 12.8. The van der Waals surface area contributed by atoms with Crippen molar-refractivity contribution >= 4 is 38.1 Å². The molecule has 0 aliphatic heterocycles. The molecule has 2 heterocycles. The molecule has 1 aliphatic rings.